The van der Waals surface area contributed by atoms with Crippen LogP contribution in [0.25, 0.3) is 11.3 Å². The number of rotatable bonds is 5. The third-order valence-electron chi connectivity index (χ3n) is 3.55. The third-order valence-corrected chi connectivity index (χ3v) is 3.55. The summed E-state index contributed by atoms with van der Waals surface area (Å²) in [5.41, 5.74) is 3.89. The molecule has 0 saturated carbocycles. The van der Waals surface area contributed by atoms with Gasteiger partial charge in [0, 0.05) is 58.9 Å². The van der Waals surface area contributed by atoms with Gasteiger partial charge in [-0.15, -0.1) is 12.1 Å². The molecule has 7 heteroatoms. The van der Waals surface area contributed by atoms with E-state index in [0.717, 1.165) is 28.4 Å². The van der Waals surface area contributed by atoms with Crippen molar-refractivity contribution in [2.24, 2.45) is 0 Å². The van der Waals surface area contributed by atoms with Crippen molar-refractivity contribution in [3.05, 3.63) is 48.4 Å². The molecule has 0 spiro atoms. The number of nitrogens with zero attached hydrogens (tertiary/aromatic N) is 3. The van der Waals surface area contributed by atoms with Gasteiger partial charge in [-0.05, 0) is 45.4 Å². The van der Waals surface area contributed by atoms with Crippen LogP contribution in [0.2, 0.25) is 0 Å². The maximum atomic E-state index is 10.0. The molecule has 1 heterocycles. The molecule has 6 nitrogen and oxygen atoms in total. The average Bonchev–Trinajstić information content (AvgIpc) is 2.60. The average molecular weight is 566 g/mol. The van der Waals surface area contributed by atoms with E-state index in [-0.39, 0.29) is 32.6 Å². The van der Waals surface area contributed by atoms with Gasteiger partial charge < -0.3 is 24.6 Å². The fraction of sp³-hybridized carbons (Fsp3) is 0.333. The number of aliphatic hydroxyl groups excluding tert-OH is 1. The zero-order valence-corrected chi connectivity index (χ0v) is 19.7. The molecule has 0 aliphatic heterocycles. The number of hydrogen-bond acceptors (Lipinski definition) is 6. The fourth-order valence-corrected chi connectivity index (χ4v) is 2.21. The van der Waals surface area contributed by atoms with Gasteiger partial charge in [0.1, 0.15) is 0 Å². The largest absolute Gasteiger partial charge is 0.540 e. The van der Waals surface area contributed by atoms with Crippen molar-refractivity contribution in [2.45, 2.75) is 13.8 Å². The standard InChI is InChI=1S/C16H20N3O.C5H8O2.Pt/c1-18(2)12-6-7-14(16(11-12)20-5)15-10-13(19(3)4)8-9-17-15;1-4(6)3-5(2)7;/h6,8-11H,1-5H3;3,6H,1-2H3;/q-1;;/b;4-3-;. The van der Waals surface area contributed by atoms with Crippen molar-refractivity contribution >= 4 is 17.2 Å². The van der Waals surface area contributed by atoms with Crippen molar-refractivity contribution in [3.63, 3.8) is 0 Å². The molecule has 2 aromatic rings. The van der Waals surface area contributed by atoms with Crippen molar-refractivity contribution in [1.29, 1.82) is 0 Å². The molecular weight excluding hydrogens is 537 g/mol. The summed E-state index contributed by atoms with van der Waals surface area (Å²) in [6.07, 6.45) is 2.97. The number of methoxy groups -OCH3 is 1. The van der Waals surface area contributed by atoms with E-state index in [1.165, 1.54) is 19.9 Å². The first-order chi connectivity index (χ1) is 12.6. The molecule has 0 unspecified atom stereocenters. The summed E-state index contributed by atoms with van der Waals surface area (Å²) in [6.45, 7) is 2.85. The number of carbonyl (C=O) groups is 1. The summed E-state index contributed by atoms with van der Waals surface area (Å²) < 4.78 is 5.48. The zero-order chi connectivity index (χ0) is 20.6. The second kappa shape index (κ2) is 12.2. The molecule has 1 aromatic carbocycles. The number of anilines is 2. The smallest absolute Gasteiger partial charge is 0.155 e. The molecule has 0 aliphatic rings. The van der Waals surface area contributed by atoms with E-state index in [2.05, 4.69) is 11.1 Å². The topological polar surface area (TPSA) is 65.9 Å². The number of ether oxygens (including phenoxy) is 1. The number of allylic oxidation sites excluding steroid dienone is 2. The minimum atomic E-state index is -0.125. The van der Waals surface area contributed by atoms with Crippen molar-refractivity contribution < 1.29 is 35.7 Å². The second-order valence-corrected chi connectivity index (χ2v) is 6.39. The van der Waals surface area contributed by atoms with E-state index in [0.29, 0.717) is 0 Å². The molecule has 2 rings (SSSR count). The molecule has 0 radical (unpaired) electrons. The van der Waals surface area contributed by atoms with E-state index in [9.17, 15) is 4.79 Å². The monoisotopic (exact) mass is 565 g/mol. The number of pyridine rings is 1. The zero-order valence-electron chi connectivity index (χ0n) is 17.4. The Bertz CT molecular complexity index is 801. The first-order valence-electron chi connectivity index (χ1n) is 8.44. The molecule has 0 aliphatic carbocycles. The van der Waals surface area contributed by atoms with Crippen LogP contribution in [-0.4, -0.2) is 51.2 Å². The van der Waals surface area contributed by atoms with Gasteiger partial charge in [0.15, 0.2) is 5.78 Å². The molecule has 1 aromatic heterocycles. The van der Waals surface area contributed by atoms with Gasteiger partial charge in [-0.1, -0.05) is 17.7 Å². The van der Waals surface area contributed by atoms with Gasteiger partial charge in [0.2, 0.25) is 0 Å². The minimum absolute atomic E-state index is 0. The number of carbonyl (C=O) groups excluding carboxylic acids is 1. The van der Waals surface area contributed by atoms with E-state index in [1.54, 1.807) is 13.3 Å². The Kier molecular flexibility index (Phi) is 11.2. The minimum Gasteiger partial charge on any atom is -0.540 e. The summed E-state index contributed by atoms with van der Waals surface area (Å²) in [5, 5.41) is 8.36. The Morgan fingerprint density at radius 1 is 1.14 bits per heavy atom. The molecule has 28 heavy (non-hydrogen) atoms. The van der Waals surface area contributed by atoms with Crippen LogP contribution >= 0.6 is 0 Å². The van der Waals surface area contributed by atoms with E-state index < -0.39 is 0 Å². The number of aromatic nitrogens is 1. The van der Waals surface area contributed by atoms with Crippen LogP contribution in [0.3, 0.4) is 0 Å². The summed E-state index contributed by atoms with van der Waals surface area (Å²) >= 11 is 0. The van der Waals surface area contributed by atoms with Gasteiger partial charge in [-0.3, -0.25) is 4.79 Å². The molecular formula is C21H28N3O3Pt-. The van der Waals surface area contributed by atoms with E-state index >= 15 is 0 Å². The van der Waals surface area contributed by atoms with Gasteiger partial charge in [-0.25, -0.2) is 0 Å². The van der Waals surface area contributed by atoms with Gasteiger partial charge >= 0.3 is 0 Å². The number of aliphatic hydroxyl groups is 1. The summed E-state index contributed by atoms with van der Waals surface area (Å²) in [7, 11) is 9.67. The first-order valence-corrected chi connectivity index (χ1v) is 8.44. The fourth-order valence-electron chi connectivity index (χ4n) is 2.21. The Balaban J connectivity index is 0.000000786. The predicted molar refractivity (Wildman–Crippen MR) is 111 cm³/mol. The van der Waals surface area contributed by atoms with Gasteiger partial charge in [0.05, 0.1) is 12.9 Å². The normalized spacial score (nSPS) is 10.2. The Labute approximate surface area is 182 Å². The summed E-state index contributed by atoms with van der Waals surface area (Å²) in [6, 6.07) is 11.2. The second-order valence-electron chi connectivity index (χ2n) is 6.39. The Hall–Kier alpha value is -2.33. The van der Waals surface area contributed by atoms with Crippen LogP contribution in [0.4, 0.5) is 11.4 Å². The van der Waals surface area contributed by atoms with Crippen LogP contribution < -0.4 is 14.5 Å². The molecule has 0 amide bonds. The van der Waals surface area contributed by atoms with Crippen molar-refractivity contribution in [1.82, 2.24) is 4.98 Å². The summed E-state index contributed by atoms with van der Waals surface area (Å²) in [4.78, 5) is 18.5. The number of hydrogen-bond donors (Lipinski definition) is 1. The van der Waals surface area contributed by atoms with Crippen LogP contribution in [0.15, 0.2) is 42.3 Å². The van der Waals surface area contributed by atoms with Crippen molar-refractivity contribution in [3.8, 4) is 17.0 Å². The number of ketones is 1. The molecule has 0 atom stereocenters. The maximum absolute atomic E-state index is 10.0. The quantitative estimate of drug-likeness (QED) is 0.339. The maximum Gasteiger partial charge on any atom is 0.155 e. The summed E-state index contributed by atoms with van der Waals surface area (Å²) in [5.74, 6) is 0.715. The molecule has 1 N–H and O–H groups in total. The predicted octanol–water partition coefficient (Wildman–Crippen LogP) is 3.72. The molecule has 156 valence electrons. The molecule has 0 saturated heterocycles. The van der Waals surface area contributed by atoms with Crippen LogP contribution in [-0.2, 0) is 25.9 Å². The molecule has 0 bridgehead atoms. The van der Waals surface area contributed by atoms with Crippen LogP contribution in [0, 0.1) is 6.07 Å². The van der Waals surface area contributed by atoms with Gasteiger partial charge in [-0.2, -0.15) is 0 Å². The first kappa shape index (κ1) is 25.7. The SMILES string of the molecule is CC(=O)/C=C(/C)O.COc1cc(N(C)C)c[c-]c1-c1cc(N(C)C)ccn1.[Pt]. The van der Waals surface area contributed by atoms with Crippen LogP contribution in [0.1, 0.15) is 13.8 Å². The third kappa shape index (κ3) is 8.13. The van der Waals surface area contributed by atoms with E-state index in [1.807, 2.05) is 62.3 Å². The molecule has 0 fully saturated rings. The Morgan fingerprint density at radius 3 is 2.18 bits per heavy atom. The Morgan fingerprint density at radius 2 is 1.75 bits per heavy atom. The van der Waals surface area contributed by atoms with E-state index in [4.69, 9.17) is 9.84 Å². The van der Waals surface area contributed by atoms with Gasteiger partial charge in [0.25, 0.3) is 0 Å². The van der Waals surface area contributed by atoms with Crippen molar-refractivity contribution in [2.75, 3.05) is 45.1 Å². The number of benzene rings is 1. The van der Waals surface area contributed by atoms with Crippen LogP contribution in [0.5, 0.6) is 5.75 Å².